The lowest BCUT2D eigenvalue weighted by molar-refractivity contribution is -0.140. The van der Waals surface area contributed by atoms with Crippen molar-refractivity contribution in [3.8, 4) is 0 Å². The van der Waals surface area contributed by atoms with Gasteiger partial charge in [-0.2, -0.15) is 12.7 Å². The summed E-state index contributed by atoms with van der Waals surface area (Å²) < 4.78 is 29.8. The SMILES string of the molecule is CC[C@H](C)NC(=O)[C@@H](Cc1ccccc1)N(Cc1ccc(Br)cc1)C(=O)CN(c1ccccc1)S(=O)(=O)N(C)C. The number of benzene rings is 3. The molecule has 3 aromatic carbocycles. The number of nitrogens with one attached hydrogen (secondary N) is 1. The summed E-state index contributed by atoms with van der Waals surface area (Å²) in [7, 11) is -1.17. The highest BCUT2D eigenvalue weighted by Gasteiger charge is 2.35. The van der Waals surface area contributed by atoms with Crippen molar-refractivity contribution in [2.24, 2.45) is 0 Å². The van der Waals surface area contributed by atoms with Gasteiger partial charge in [-0.05, 0) is 48.7 Å². The van der Waals surface area contributed by atoms with Gasteiger partial charge in [0.25, 0.3) is 0 Å². The average Bonchev–Trinajstić information content (AvgIpc) is 2.95. The molecule has 0 saturated carbocycles. The lowest BCUT2D eigenvalue weighted by Gasteiger charge is -2.35. The molecule has 1 N–H and O–H groups in total. The van der Waals surface area contributed by atoms with Crippen LogP contribution in [0.15, 0.2) is 89.4 Å². The third kappa shape index (κ3) is 8.39. The molecule has 3 aromatic rings. The van der Waals surface area contributed by atoms with Gasteiger partial charge in [0.2, 0.25) is 11.8 Å². The largest absolute Gasteiger partial charge is 0.352 e. The fraction of sp³-hybridized carbons (Fsp3) is 0.333. The van der Waals surface area contributed by atoms with E-state index in [0.29, 0.717) is 5.69 Å². The molecule has 0 aliphatic heterocycles. The number of hydrogen-bond donors (Lipinski definition) is 1. The van der Waals surface area contributed by atoms with E-state index >= 15 is 0 Å². The van der Waals surface area contributed by atoms with Gasteiger partial charge in [0.05, 0.1) is 5.69 Å². The summed E-state index contributed by atoms with van der Waals surface area (Å²) in [4.78, 5) is 29.4. The van der Waals surface area contributed by atoms with Gasteiger partial charge in [0.15, 0.2) is 0 Å². The predicted octanol–water partition coefficient (Wildman–Crippen LogP) is 4.62. The lowest BCUT2D eigenvalue weighted by Crippen LogP contribution is -2.55. The Morgan fingerprint density at radius 3 is 2.00 bits per heavy atom. The van der Waals surface area contributed by atoms with E-state index in [1.165, 1.54) is 19.0 Å². The highest BCUT2D eigenvalue weighted by molar-refractivity contribution is 9.10. The van der Waals surface area contributed by atoms with E-state index in [1.807, 2.05) is 68.4 Å². The lowest BCUT2D eigenvalue weighted by atomic mass is 10.0. The zero-order valence-electron chi connectivity index (χ0n) is 23.3. The summed E-state index contributed by atoms with van der Waals surface area (Å²) in [5, 5.41) is 3.03. The second-order valence-electron chi connectivity index (χ2n) is 9.80. The molecule has 0 saturated heterocycles. The number of carbonyl (C=O) groups is 2. The normalized spacial score (nSPS) is 12.9. The Balaban J connectivity index is 2.07. The second-order valence-corrected chi connectivity index (χ2v) is 12.8. The van der Waals surface area contributed by atoms with Crippen molar-refractivity contribution in [3.63, 3.8) is 0 Å². The number of amides is 2. The Kier molecular flexibility index (Phi) is 11.3. The first-order valence-electron chi connectivity index (χ1n) is 13.2. The molecular formula is C30H37BrN4O4S. The van der Waals surface area contributed by atoms with Crippen LogP contribution in [0.3, 0.4) is 0 Å². The molecule has 0 aromatic heterocycles. The van der Waals surface area contributed by atoms with E-state index < -0.39 is 28.7 Å². The smallest absolute Gasteiger partial charge is 0.304 e. The van der Waals surface area contributed by atoms with Crippen LogP contribution < -0.4 is 9.62 Å². The van der Waals surface area contributed by atoms with Crippen LogP contribution in [-0.2, 0) is 32.8 Å². The van der Waals surface area contributed by atoms with Crippen molar-refractivity contribution in [2.75, 3.05) is 24.9 Å². The van der Waals surface area contributed by atoms with Crippen LogP contribution in [0, 0.1) is 0 Å². The number of carbonyl (C=O) groups excluding carboxylic acids is 2. The monoisotopic (exact) mass is 628 g/mol. The number of nitrogens with zero attached hydrogens (tertiary/aromatic N) is 3. The number of anilines is 1. The minimum absolute atomic E-state index is 0.0923. The Labute approximate surface area is 246 Å². The molecular weight excluding hydrogens is 592 g/mol. The van der Waals surface area contributed by atoms with Crippen LogP contribution in [0.1, 0.15) is 31.4 Å². The molecule has 8 nitrogen and oxygen atoms in total. The molecule has 3 rings (SSSR count). The highest BCUT2D eigenvalue weighted by Crippen LogP contribution is 2.22. The minimum Gasteiger partial charge on any atom is -0.352 e. The summed E-state index contributed by atoms with van der Waals surface area (Å²) >= 11 is 3.44. The number of para-hydroxylation sites is 1. The maximum Gasteiger partial charge on any atom is 0.304 e. The van der Waals surface area contributed by atoms with Crippen molar-refractivity contribution in [1.82, 2.24) is 14.5 Å². The van der Waals surface area contributed by atoms with E-state index in [-0.39, 0.29) is 24.9 Å². The minimum atomic E-state index is -4.01. The van der Waals surface area contributed by atoms with Crippen LogP contribution in [0.5, 0.6) is 0 Å². The molecule has 0 fully saturated rings. The average molecular weight is 630 g/mol. The number of hydrogen-bond acceptors (Lipinski definition) is 4. The Morgan fingerprint density at radius 2 is 1.45 bits per heavy atom. The van der Waals surface area contributed by atoms with Gasteiger partial charge in [-0.15, -0.1) is 0 Å². The van der Waals surface area contributed by atoms with Gasteiger partial charge in [-0.3, -0.25) is 9.59 Å². The maximum atomic E-state index is 14.2. The van der Waals surface area contributed by atoms with Crippen molar-refractivity contribution in [3.05, 3.63) is 101 Å². The van der Waals surface area contributed by atoms with Crippen LogP contribution >= 0.6 is 15.9 Å². The molecule has 10 heteroatoms. The molecule has 0 radical (unpaired) electrons. The van der Waals surface area contributed by atoms with Gasteiger partial charge in [0, 0.05) is 37.6 Å². The molecule has 0 heterocycles. The van der Waals surface area contributed by atoms with E-state index in [1.54, 1.807) is 30.3 Å². The molecule has 0 bridgehead atoms. The Hall–Kier alpha value is -3.21. The first kappa shape index (κ1) is 31.3. The zero-order chi connectivity index (χ0) is 29.3. The van der Waals surface area contributed by atoms with Crippen molar-refractivity contribution in [1.29, 1.82) is 0 Å². The fourth-order valence-electron chi connectivity index (χ4n) is 4.09. The van der Waals surface area contributed by atoms with E-state index in [2.05, 4.69) is 21.2 Å². The summed E-state index contributed by atoms with van der Waals surface area (Å²) in [6, 6.07) is 24.5. The van der Waals surface area contributed by atoms with Gasteiger partial charge in [-0.25, -0.2) is 4.31 Å². The standard InChI is InChI=1S/C30H37BrN4O4S/c1-5-23(2)32-30(37)28(20-24-12-8-6-9-13-24)34(21-25-16-18-26(31)19-17-25)29(36)22-35(40(38,39)33(3)4)27-14-10-7-11-15-27/h6-19,23,28H,5,20-22H2,1-4H3,(H,32,37)/t23-,28+/m0/s1. The molecule has 214 valence electrons. The highest BCUT2D eigenvalue weighted by atomic mass is 79.9. The molecule has 2 atom stereocenters. The van der Waals surface area contributed by atoms with Gasteiger partial charge in [0.1, 0.15) is 12.6 Å². The predicted molar refractivity (Wildman–Crippen MR) is 163 cm³/mol. The third-order valence-corrected chi connectivity index (χ3v) is 8.95. The van der Waals surface area contributed by atoms with Crippen LogP contribution in [0.4, 0.5) is 5.69 Å². The number of rotatable bonds is 13. The topological polar surface area (TPSA) is 90.0 Å². The van der Waals surface area contributed by atoms with E-state index in [9.17, 15) is 18.0 Å². The summed E-state index contributed by atoms with van der Waals surface area (Å²) in [6.45, 7) is 3.55. The van der Waals surface area contributed by atoms with Crippen molar-refractivity contribution in [2.45, 2.75) is 45.3 Å². The molecule has 0 aliphatic carbocycles. The zero-order valence-corrected chi connectivity index (χ0v) is 25.7. The Bertz CT molecular complexity index is 1350. The summed E-state index contributed by atoms with van der Waals surface area (Å²) in [5.41, 5.74) is 2.06. The van der Waals surface area contributed by atoms with Gasteiger partial charge >= 0.3 is 10.2 Å². The third-order valence-electron chi connectivity index (χ3n) is 6.60. The second kappa shape index (κ2) is 14.4. The number of halogens is 1. The summed E-state index contributed by atoms with van der Waals surface area (Å²) in [5.74, 6) is -0.775. The fourth-order valence-corrected chi connectivity index (χ4v) is 5.41. The van der Waals surface area contributed by atoms with Gasteiger partial charge < -0.3 is 10.2 Å². The van der Waals surface area contributed by atoms with Crippen LogP contribution in [0.2, 0.25) is 0 Å². The first-order chi connectivity index (χ1) is 19.0. The molecule has 0 spiro atoms. The maximum absolute atomic E-state index is 14.2. The first-order valence-corrected chi connectivity index (χ1v) is 15.3. The quantitative estimate of drug-likeness (QED) is 0.299. The van der Waals surface area contributed by atoms with Crippen molar-refractivity contribution >= 4 is 43.6 Å². The molecule has 2 amide bonds. The van der Waals surface area contributed by atoms with Gasteiger partial charge in [-0.1, -0.05) is 83.5 Å². The van der Waals surface area contributed by atoms with Crippen molar-refractivity contribution < 1.29 is 18.0 Å². The van der Waals surface area contributed by atoms with Crippen LogP contribution in [0.25, 0.3) is 0 Å². The van der Waals surface area contributed by atoms with E-state index in [4.69, 9.17) is 0 Å². The molecule has 40 heavy (non-hydrogen) atoms. The Morgan fingerprint density at radius 1 is 0.875 bits per heavy atom. The summed E-state index contributed by atoms with van der Waals surface area (Å²) in [6.07, 6.45) is 1.00. The molecule has 0 unspecified atom stereocenters. The van der Waals surface area contributed by atoms with Crippen LogP contribution in [-0.4, -0.2) is 62.2 Å². The molecule has 0 aliphatic rings. The van der Waals surface area contributed by atoms with E-state index in [0.717, 1.165) is 30.6 Å².